The molecule has 24 heavy (non-hydrogen) atoms. The number of piperidine rings is 1. The van der Waals surface area contributed by atoms with Crippen LogP contribution in [0.3, 0.4) is 0 Å². The van der Waals surface area contributed by atoms with E-state index in [4.69, 9.17) is 5.26 Å². The summed E-state index contributed by atoms with van der Waals surface area (Å²) in [5, 5.41) is 8.87. The highest BCUT2D eigenvalue weighted by Gasteiger charge is 2.37. The van der Waals surface area contributed by atoms with Crippen LogP contribution in [0.1, 0.15) is 36.8 Å². The lowest BCUT2D eigenvalue weighted by Crippen LogP contribution is -2.48. The fraction of sp³-hybridized carbons (Fsp3) is 0.529. The molecule has 7 heteroatoms. The zero-order chi connectivity index (χ0) is 17.3. The van der Waals surface area contributed by atoms with Crippen LogP contribution in [-0.4, -0.2) is 36.5 Å². The lowest BCUT2D eigenvalue weighted by molar-refractivity contribution is -0.137. The zero-order valence-corrected chi connectivity index (χ0v) is 13.1. The molecule has 2 aliphatic heterocycles. The van der Waals surface area contributed by atoms with Crippen LogP contribution >= 0.6 is 0 Å². The highest BCUT2D eigenvalue weighted by Crippen LogP contribution is 2.38. The Hall–Kier alpha value is -2.23. The van der Waals surface area contributed by atoms with Crippen LogP contribution in [0.2, 0.25) is 0 Å². The van der Waals surface area contributed by atoms with Crippen LogP contribution < -0.4 is 4.90 Å². The Morgan fingerprint density at radius 2 is 2.00 bits per heavy atom. The van der Waals surface area contributed by atoms with Crippen molar-refractivity contribution in [1.29, 1.82) is 5.26 Å². The van der Waals surface area contributed by atoms with Gasteiger partial charge in [0.1, 0.15) is 0 Å². The summed E-state index contributed by atoms with van der Waals surface area (Å²) in [5.74, 6) is 0.0951. The molecule has 0 unspecified atom stereocenters. The molecule has 0 saturated carbocycles. The molecule has 2 heterocycles. The first-order valence-electron chi connectivity index (χ1n) is 8.06. The maximum atomic E-state index is 13.4. The Bertz CT molecular complexity index is 681. The molecule has 0 spiro atoms. The largest absolute Gasteiger partial charge is 0.418 e. The molecular weight excluding hydrogens is 319 g/mol. The number of halogens is 3. The molecule has 1 atom stereocenters. The lowest BCUT2D eigenvalue weighted by Gasteiger charge is -2.39. The lowest BCUT2D eigenvalue weighted by atomic mass is 10.0. The zero-order valence-electron chi connectivity index (χ0n) is 13.1. The number of rotatable bonds is 2. The van der Waals surface area contributed by atoms with E-state index in [0.29, 0.717) is 26.1 Å². The molecule has 0 bridgehead atoms. The topological polar surface area (TPSA) is 47.3 Å². The number of carbonyl (C=O) groups excluding carboxylic acids is 1. The second kappa shape index (κ2) is 6.34. The van der Waals surface area contributed by atoms with Gasteiger partial charge in [0.25, 0.3) is 0 Å². The summed E-state index contributed by atoms with van der Waals surface area (Å²) in [6, 6.07) is 5.41. The van der Waals surface area contributed by atoms with Gasteiger partial charge in [0.05, 0.1) is 17.2 Å². The van der Waals surface area contributed by atoms with Crippen LogP contribution in [-0.2, 0) is 11.0 Å². The highest BCUT2D eigenvalue weighted by atomic mass is 19.4. The summed E-state index contributed by atoms with van der Waals surface area (Å²) in [5.41, 5.74) is -0.692. The van der Waals surface area contributed by atoms with Crippen molar-refractivity contribution >= 4 is 11.6 Å². The van der Waals surface area contributed by atoms with Gasteiger partial charge in [0.2, 0.25) is 5.91 Å². The number of hydrogen-bond acceptors (Lipinski definition) is 3. The predicted molar refractivity (Wildman–Crippen MR) is 82.3 cm³/mol. The smallest absolute Gasteiger partial charge is 0.369 e. The van der Waals surface area contributed by atoms with Crippen molar-refractivity contribution in [2.75, 3.05) is 24.5 Å². The van der Waals surface area contributed by atoms with Crippen LogP contribution in [0.25, 0.3) is 0 Å². The second-order valence-corrected chi connectivity index (χ2v) is 6.27. The van der Waals surface area contributed by atoms with E-state index in [1.165, 1.54) is 12.1 Å². The Morgan fingerprint density at radius 3 is 2.62 bits per heavy atom. The van der Waals surface area contributed by atoms with E-state index in [-0.39, 0.29) is 23.2 Å². The third-order valence-electron chi connectivity index (χ3n) is 4.72. The standard InChI is InChI=1S/C17H18F3N3O/c18-17(19,20)14-9-12(10-21)5-6-15(14)22-7-1-3-13(11-22)23-8-2-4-16(23)24/h5-6,9,13H,1-4,7-8,11H2/t13-/m1/s1. The number of likely N-dealkylation sites (tertiary alicyclic amines) is 1. The second-order valence-electron chi connectivity index (χ2n) is 6.27. The quantitative estimate of drug-likeness (QED) is 0.833. The summed E-state index contributed by atoms with van der Waals surface area (Å²) in [7, 11) is 0. The Morgan fingerprint density at radius 1 is 1.21 bits per heavy atom. The van der Waals surface area contributed by atoms with Gasteiger partial charge in [0, 0.05) is 37.8 Å². The van der Waals surface area contributed by atoms with E-state index in [0.717, 1.165) is 25.3 Å². The number of nitriles is 1. The number of benzene rings is 1. The van der Waals surface area contributed by atoms with E-state index in [1.807, 2.05) is 4.90 Å². The van der Waals surface area contributed by atoms with Crippen molar-refractivity contribution in [3.8, 4) is 6.07 Å². The van der Waals surface area contributed by atoms with E-state index < -0.39 is 11.7 Å². The molecule has 3 rings (SSSR count). The number of alkyl halides is 3. The SMILES string of the molecule is N#Cc1ccc(N2CCC[C@@H](N3CCCC3=O)C2)c(C(F)(F)F)c1. The molecule has 0 aromatic heterocycles. The fourth-order valence-electron chi connectivity index (χ4n) is 3.59. The van der Waals surface area contributed by atoms with Crippen LogP contribution in [0, 0.1) is 11.3 Å². The van der Waals surface area contributed by atoms with Gasteiger partial charge in [-0.05, 0) is 37.5 Å². The number of anilines is 1. The number of nitrogens with zero attached hydrogens (tertiary/aromatic N) is 3. The van der Waals surface area contributed by atoms with Crippen molar-refractivity contribution < 1.29 is 18.0 Å². The van der Waals surface area contributed by atoms with Gasteiger partial charge in [0.15, 0.2) is 0 Å². The first kappa shape index (κ1) is 16.6. The fourth-order valence-corrected chi connectivity index (χ4v) is 3.59. The van der Waals surface area contributed by atoms with Gasteiger partial charge in [-0.15, -0.1) is 0 Å². The normalized spacial score (nSPS) is 21.9. The Labute approximate surface area is 138 Å². The Kier molecular flexibility index (Phi) is 4.39. The molecule has 2 aliphatic rings. The summed E-state index contributed by atoms with van der Waals surface area (Å²) in [6.07, 6.45) is -1.61. The number of hydrogen-bond donors (Lipinski definition) is 0. The summed E-state index contributed by atoms with van der Waals surface area (Å²) in [6.45, 7) is 1.62. The average Bonchev–Trinajstić information content (AvgIpc) is 2.99. The predicted octanol–water partition coefficient (Wildman–Crippen LogP) is 3.17. The number of amides is 1. The summed E-state index contributed by atoms with van der Waals surface area (Å²) >= 11 is 0. The van der Waals surface area contributed by atoms with E-state index >= 15 is 0 Å². The van der Waals surface area contributed by atoms with Crippen molar-refractivity contribution in [2.24, 2.45) is 0 Å². The highest BCUT2D eigenvalue weighted by molar-refractivity contribution is 5.78. The maximum absolute atomic E-state index is 13.4. The summed E-state index contributed by atoms with van der Waals surface area (Å²) < 4.78 is 40.1. The van der Waals surface area contributed by atoms with Crippen LogP contribution in [0.4, 0.5) is 18.9 Å². The maximum Gasteiger partial charge on any atom is 0.418 e. The minimum atomic E-state index is -4.52. The molecule has 2 fully saturated rings. The van der Waals surface area contributed by atoms with Crippen molar-refractivity contribution in [1.82, 2.24) is 4.90 Å². The first-order valence-corrected chi connectivity index (χ1v) is 8.06. The van der Waals surface area contributed by atoms with Gasteiger partial charge < -0.3 is 9.80 Å². The minimum absolute atomic E-state index is 0.00523. The third kappa shape index (κ3) is 3.18. The molecule has 4 nitrogen and oxygen atoms in total. The molecular formula is C17H18F3N3O. The van der Waals surface area contributed by atoms with Gasteiger partial charge in [-0.3, -0.25) is 4.79 Å². The molecule has 128 valence electrons. The third-order valence-corrected chi connectivity index (χ3v) is 4.72. The molecule has 0 radical (unpaired) electrons. The molecule has 1 aromatic carbocycles. The molecule has 1 aromatic rings. The van der Waals surface area contributed by atoms with Crippen molar-refractivity contribution in [3.63, 3.8) is 0 Å². The molecule has 0 aliphatic carbocycles. The van der Waals surface area contributed by atoms with Gasteiger partial charge in [-0.25, -0.2) is 0 Å². The van der Waals surface area contributed by atoms with Gasteiger partial charge in [-0.2, -0.15) is 18.4 Å². The summed E-state index contributed by atoms with van der Waals surface area (Å²) in [4.78, 5) is 15.4. The number of carbonyl (C=O) groups is 1. The van der Waals surface area contributed by atoms with Crippen LogP contribution in [0.5, 0.6) is 0 Å². The van der Waals surface area contributed by atoms with Crippen LogP contribution in [0.15, 0.2) is 18.2 Å². The Balaban J connectivity index is 1.88. The molecule has 2 saturated heterocycles. The first-order chi connectivity index (χ1) is 11.4. The molecule has 1 amide bonds. The van der Waals surface area contributed by atoms with Crippen molar-refractivity contribution in [2.45, 2.75) is 37.9 Å². The minimum Gasteiger partial charge on any atom is -0.369 e. The van der Waals surface area contributed by atoms with E-state index in [9.17, 15) is 18.0 Å². The van der Waals surface area contributed by atoms with E-state index in [1.54, 1.807) is 11.0 Å². The van der Waals surface area contributed by atoms with Gasteiger partial charge >= 0.3 is 6.18 Å². The van der Waals surface area contributed by atoms with Gasteiger partial charge in [-0.1, -0.05) is 0 Å². The monoisotopic (exact) mass is 337 g/mol. The average molecular weight is 337 g/mol. The van der Waals surface area contributed by atoms with E-state index in [2.05, 4.69) is 0 Å². The van der Waals surface area contributed by atoms with Crippen molar-refractivity contribution in [3.05, 3.63) is 29.3 Å². The molecule has 0 N–H and O–H groups in total.